The highest BCUT2D eigenvalue weighted by molar-refractivity contribution is 5.20. The van der Waals surface area contributed by atoms with E-state index in [9.17, 15) is 5.11 Å². The molecule has 0 aromatic carbocycles. The molecule has 0 radical (unpaired) electrons. The maximum atomic E-state index is 9.22. The lowest BCUT2D eigenvalue weighted by Crippen LogP contribution is -2.25. The van der Waals surface area contributed by atoms with E-state index in [1.54, 1.807) is 0 Å². The maximum Gasteiger partial charge on any atom is 0.0641 e. The van der Waals surface area contributed by atoms with Crippen LogP contribution in [-0.2, 0) is 0 Å². The molecule has 0 amide bonds. The number of allylic oxidation sites excluding steroid dienone is 3. The second kappa shape index (κ2) is 5.18. The van der Waals surface area contributed by atoms with Gasteiger partial charge in [0.1, 0.15) is 0 Å². The predicted octanol–water partition coefficient (Wildman–Crippen LogP) is 3.94. The van der Waals surface area contributed by atoms with Crippen LogP contribution in [0, 0.1) is 17.3 Å². The van der Waals surface area contributed by atoms with Gasteiger partial charge in [0.15, 0.2) is 0 Å². The van der Waals surface area contributed by atoms with Crippen LogP contribution in [0.1, 0.15) is 47.5 Å². The van der Waals surface area contributed by atoms with E-state index < -0.39 is 0 Å². The Labute approximate surface area is 100 Å². The molecule has 0 aliphatic heterocycles. The Balaban J connectivity index is 2.77. The first-order valence-corrected chi connectivity index (χ1v) is 6.41. The summed E-state index contributed by atoms with van der Waals surface area (Å²) < 4.78 is 0. The minimum absolute atomic E-state index is 0.209. The highest BCUT2D eigenvalue weighted by Gasteiger charge is 2.37. The van der Waals surface area contributed by atoms with E-state index >= 15 is 0 Å². The largest absolute Gasteiger partial charge is 0.392 e. The number of hydrogen-bond donors (Lipinski definition) is 1. The van der Waals surface area contributed by atoms with Gasteiger partial charge < -0.3 is 5.11 Å². The third kappa shape index (κ3) is 2.57. The summed E-state index contributed by atoms with van der Waals surface area (Å²) in [5.74, 6) is 1.23. The molecular weight excluding hydrogens is 196 g/mol. The van der Waals surface area contributed by atoms with Gasteiger partial charge in [-0.15, -0.1) is 0 Å². The zero-order valence-corrected chi connectivity index (χ0v) is 11.4. The lowest BCUT2D eigenvalue weighted by molar-refractivity contribution is 0.237. The van der Waals surface area contributed by atoms with Crippen LogP contribution in [0.3, 0.4) is 0 Å². The molecule has 0 saturated heterocycles. The van der Waals surface area contributed by atoms with Crippen molar-refractivity contribution in [1.29, 1.82) is 0 Å². The number of hydrogen-bond acceptors (Lipinski definition) is 1. The molecule has 92 valence electrons. The van der Waals surface area contributed by atoms with Crippen molar-refractivity contribution >= 4 is 0 Å². The SMILES string of the molecule is CC/C(=C\C(C)C1CC=C(C)C1(C)C)CO. The molecule has 2 unspecified atom stereocenters. The highest BCUT2D eigenvalue weighted by Crippen LogP contribution is 2.47. The minimum atomic E-state index is 0.209. The van der Waals surface area contributed by atoms with Gasteiger partial charge in [-0.1, -0.05) is 45.4 Å². The number of rotatable bonds is 4. The van der Waals surface area contributed by atoms with Crippen molar-refractivity contribution in [2.45, 2.75) is 47.5 Å². The molecule has 0 saturated carbocycles. The summed E-state index contributed by atoms with van der Waals surface area (Å²) in [6.07, 6.45) is 6.79. The summed E-state index contributed by atoms with van der Waals surface area (Å²) in [4.78, 5) is 0. The molecule has 0 heterocycles. The maximum absolute atomic E-state index is 9.22. The zero-order valence-electron chi connectivity index (χ0n) is 11.4. The fraction of sp³-hybridized carbons (Fsp3) is 0.733. The Hall–Kier alpha value is -0.560. The normalized spacial score (nSPS) is 26.8. The van der Waals surface area contributed by atoms with Gasteiger partial charge in [0.05, 0.1) is 6.61 Å². The lowest BCUT2D eigenvalue weighted by atomic mass is 9.71. The van der Waals surface area contributed by atoms with Gasteiger partial charge in [0.2, 0.25) is 0 Å². The molecule has 1 aliphatic rings. The zero-order chi connectivity index (χ0) is 12.3. The van der Waals surface area contributed by atoms with Gasteiger partial charge in [-0.2, -0.15) is 0 Å². The van der Waals surface area contributed by atoms with E-state index in [1.807, 2.05) is 0 Å². The fourth-order valence-corrected chi connectivity index (χ4v) is 2.80. The molecule has 0 spiro atoms. The Morgan fingerprint density at radius 2 is 2.25 bits per heavy atom. The molecule has 0 fully saturated rings. The third-order valence-electron chi connectivity index (χ3n) is 4.41. The van der Waals surface area contributed by atoms with Crippen LogP contribution in [0.2, 0.25) is 0 Å². The van der Waals surface area contributed by atoms with Crippen molar-refractivity contribution in [2.24, 2.45) is 17.3 Å². The van der Waals surface area contributed by atoms with Crippen LogP contribution < -0.4 is 0 Å². The molecule has 1 N–H and O–H groups in total. The molecular formula is C15H26O. The summed E-state index contributed by atoms with van der Waals surface area (Å²) in [7, 11) is 0. The van der Waals surface area contributed by atoms with Crippen molar-refractivity contribution in [3.63, 3.8) is 0 Å². The van der Waals surface area contributed by atoms with Gasteiger partial charge in [0.25, 0.3) is 0 Å². The topological polar surface area (TPSA) is 20.2 Å². The average Bonchev–Trinajstić information content (AvgIpc) is 2.50. The van der Waals surface area contributed by atoms with Crippen molar-refractivity contribution in [1.82, 2.24) is 0 Å². The van der Waals surface area contributed by atoms with Crippen molar-refractivity contribution in [3.8, 4) is 0 Å². The van der Waals surface area contributed by atoms with Crippen LogP contribution in [0.5, 0.6) is 0 Å². The molecule has 1 rings (SSSR count). The van der Waals surface area contributed by atoms with E-state index in [4.69, 9.17) is 0 Å². The monoisotopic (exact) mass is 222 g/mol. The quantitative estimate of drug-likeness (QED) is 0.714. The van der Waals surface area contributed by atoms with Gasteiger partial charge in [0, 0.05) is 0 Å². The summed E-state index contributed by atoms with van der Waals surface area (Å²) in [6, 6.07) is 0. The summed E-state index contributed by atoms with van der Waals surface area (Å²) in [6.45, 7) is 11.5. The van der Waals surface area contributed by atoms with Crippen LogP contribution in [0.25, 0.3) is 0 Å². The van der Waals surface area contributed by atoms with E-state index in [0.29, 0.717) is 17.3 Å². The molecule has 0 aromatic rings. The van der Waals surface area contributed by atoms with E-state index in [2.05, 4.69) is 46.8 Å². The molecule has 1 nitrogen and oxygen atoms in total. The van der Waals surface area contributed by atoms with Crippen LogP contribution in [0.15, 0.2) is 23.3 Å². The van der Waals surface area contributed by atoms with Crippen molar-refractivity contribution in [2.75, 3.05) is 6.61 Å². The van der Waals surface area contributed by atoms with Gasteiger partial charge in [-0.05, 0) is 42.6 Å². The predicted molar refractivity (Wildman–Crippen MR) is 70.3 cm³/mol. The van der Waals surface area contributed by atoms with Crippen molar-refractivity contribution < 1.29 is 5.11 Å². The minimum Gasteiger partial charge on any atom is -0.392 e. The van der Waals surface area contributed by atoms with Crippen LogP contribution >= 0.6 is 0 Å². The molecule has 1 heteroatoms. The average molecular weight is 222 g/mol. The van der Waals surface area contributed by atoms with Crippen LogP contribution in [0.4, 0.5) is 0 Å². The Kier molecular flexibility index (Phi) is 4.37. The fourth-order valence-electron chi connectivity index (χ4n) is 2.80. The second-order valence-corrected chi connectivity index (χ2v) is 5.65. The van der Waals surface area contributed by atoms with E-state index in [-0.39, 0.29) is 6.61 Å². The van der Waals surface area contributed by atoms with Gasteiger partial charge >= 0.3 is 0 Å². The first kappa shape index (κ1) is 13.5. The lowest BCUT2D eigenvalue weighted by Gasteiger charge is -2.33. The molecule has 2 atom stereocenters. The molecule has 0 bridgehead atoms. The number of aliphatic hydroxyl groups is 1. The number of aliphatic hydroxyl groups excluding tert-OH is 1. The van der Waals surface area contributed by atoms with Gasteiger partial charge in [-0.25, -0.2) is 0 Å². The standard InChI is InChI=1S/C15H26O/c1-6-13(10-16)9-11(2)14-8-7-12(3)15(14,4)5/h7,9,11,14,16H,6,8,10H2,1-5H3/b13-9+. The smallest absolute Gasteiger partial charge is 0.0641 e. The Morgan fingerprint density at radius 3 is 2.62 bits per heavy atom. The first-order valence-electron chi connectivity index (χ1n) is 6.41. The molecule has 16 heavy (non-hydrogen) atoms. The van der Waals surface area contributed by atoms with Crippen LogP contribution in [-0.4, -0.2) is 11.7 Å². The molecule has 0 aromatic heterocycles. The van der Waals surface area contributed by atoms with E-state index in [1.165, 1.54) is 17.6 Å². The van der Waals surface area contributed by atoms with Gasteiger partial charge in [-0.3, -0.25) is 0 Å². The van der Waals surface area contributed by atoms with Crippen molar-refractivity contribution in [3.05, 3.63) is 23.3 Å². The summed E-state index contributed by atoms with van der Waals surface area (Å²) in [5, 5.41) is 9.22. The first-order chi connectivity index (χ1) is 7.43. The summed E-state index contributed by atoms with van der Waals surface area (Å²) in [5.41, 5.74) is 3.00. The Morgan fingerprint density at radius 1 is 1.62 bits per heavy atom. The summed E-state index contributed by atoms with van der Waals surface area (Å²) >= 11 is 0. The Bertz CT molecular complexity index is 291. The highest BCUT2D eigenvalue weighted by atomic mass is 16.3. The third-order valence-corrected chi connectivity index (χ3v) is 4.41. The molecule has 1 aliphatic carbocycles. The second-order valence-electron chi connectivity index (χ2n) is 5.65. The van der Waals surface area contributed by atoms with E-state index in [0.717, 1.165) is 6.42 Å².